The summed E-state index contributed by atoms with van der Waals surface area (Å²) in [7, 11) is 0. The van der Waals surface area contributed by atoms with E-state index >= 15 is 0 Å². The van der Waals surface area contributed by atoms with Gasteiger partial charge in [0, 0.05) is 13.1 Å². The number of carbonyl (C=O) groups is 1. The summed E-state index contributed by atoms with van der Waals surface area (Å²) in [5, 5.41) is 8.27. The Morgan fingerprint density at radius 1 is 1.54 bits per heavy atom. The zero-order valence-corrected chi connectivity index (χ0v) is 8.18. The number of nitriles is 1. The number of nitrogens with zero attached hydrogens (tertiary/aromatic N) is 2. The van der Waals surface area contributed by atoms with Gasteiger partial charge in [0.25, 0.3) is 0 Å². The molecule has 0 unspecified atom stereocenters. The minimum atomic E-state index is 0.114. The van der Waals surface area contributed by atoms with Crippen molar-refractivity contribution in [3.05, 3.63) is 0 Å². The van der Waals surface area contributed by atoms with Gasteiger partial charge in [-0.2, -0.15) is 5.26 Å². The third-order valence-electron chi connectivity index (χ3n) is 1.76. The second kappa shape index (κ2) is 5.84. The van der Waals surface area contributed by atoms with E-state index in [0.29, 0.717) is 37.8 Å². The average Bonchev–Trinajstić information content (AvgIpc) is 2.19. The molecule has 0 radical (unpaired) electrons. The fraction of sp³-hybridized carbons (Fsp3) is 0.750. The minimum Gasteiger partial charge on any atom is -0.378 e. The third kappa shape index (κ3) is 3.66. The van der Waals surface area contributed by atoms with E-state index in [0.717, 1.165) is 0 Å². The summed E-state index contributed by atoms with van der Waals surface area (Å²) in [6.45, 7) is 2.64. The Morgan fingerprint density at radius 3 is 2.85 bits per heavy atom. The van der Waals surface area contributed by atoms with Crippen LogP contribution in [-0.2, 0) is 9.53 Å². The van der Waals surface area contributed by atoms with Crippen LogP contribution in [0.5, 0.6) is 0 Å². The molecule has 0 aromatic carbocycles. The molecule has 0 atom stereocenters. The fourth-order valence-electron chi connectivity index (χ4n) is 1.09. The molecule has 1 rings (SSSR count). The summed E-state index contributed by atoms with van der Waals surface area (Å²) in [6, 6.07) is 1.99. The lowest BCUT2D eigenvalue weighted by atomic mass is 10.4. The van der Waals surface area contributed by atoms with Crippen LogP contribution in [0.25, 0.3) is 0 Å². The van der Waals surface area contributed by atoms with Gasteiger partial charge in [-0.25, -0.2) is 0 Å². The fourth-order valence-corrected chi connectivity index (χ4v) is 1.64. The Balaban J connectivity index is 2.18. The first-order valence-electron chi connectivity index (χ1n) is 4.15. The molecular formula is C8H12N2O2S. The molecule has 0 N–H and O–H groups in total. The van der Waals surface area contributed by atoms with E-state index < -0.39 is 0 Å². The van der Waals surface area contributed by atoms with E-state index in [1.165, 1.54) is 11.8 Å². The third-order valence-corrected chi connectivity index (χ3v) is 2.54. The number of thioether (sulfide) groups is 1. The average molecular weight is 200 g/mol. The zero-order valence-electron chi connectivity index (χ0n) is 7.36. The maximum absolute atomic E-state index is 11.4. The van der Waals surface area contributed by atoms with Crippen LogP contribution in [0.2, 0.25) is 0 Å². The molecule has 1 amide bonds. The summed E-state index contributed by atoms with van der Waals surface area (Å²) in [5.41, 5.74) is 0. The lowest BCUT2D eigenvalue weighted by molar-refractivity contribution is -0.132. The predicted molar refractivity (Wildman–Crippen MR) is 50.3 cm³/mol. The second-order valence-electron chi connectivity index (χ2n) is 2.64. The molecule has 13 heavy (non-hydrogen) atoms. The van der Waals surface area contributed by atoms with E-state index in [1.807, 2.05) is 6.07 Å². The first-order chi connectivity index (χ1) is 6.34. The highest BCUT2D eigenvalue weighted by Gasteiger charge is 2.15. The topological polar surface area (TPSA) is 53.3 Å². The van der Waals surface area contributed by atoms with Crippen molar-refractivity contribution in [2.24, 2.45) is 0 Å². The van der Waals surface area contributed by atoms with Crippen LogP contribution in [-0.4, -0.2) is 48.6 Å². The molecule has 0 aliphatic carbocycles. The molecule has 0 aromatic rings. The highest BCUT2D eigenvalue weighted by molar-refractivity contribution is 8.00. The number of hydrogen-bond acceptors (Lipinski definition) is 4. The van der Waals surface area contributed by atoms with Gasteiger partial charge in [0.05, 0.1) is 30.8 Å². The van der Waals surface area contributed by atoms with Gasteiger partial charge in [0.15, 0.2) is 0 Å². The molecule has 1 heterocycles. The molecule has 0 spiro atoms. The number of rotatable bonds is 3. The first-order valence-corrected chi connectivity index (χ1v) is 5.30. The molecule has 0 saturated carbocycles. The first kappa shape index (κ1) is 10.4. The molecule has 1 aliphatic heterocycles. The van der Waals surface area contributed by atoms with Crippen molar-refractivity contribution in [2.75, 3.05) is 37.8 Å². The van der Waals surface area contributed by atoms with Crippen LogP contribution < -0.4 is 0 Å². The Labute approximate surface area is 81.8 Å². The van der Waals surface area contributed by atoms with Gasteiger partial charge in [-0.1, -0.05) is 0 Å². The van der Waals surface area contributed by atoms with Crippen molar-refractivity contribution in [1.29, 1.82) is 5.26 Å². The molecule has 1 aliphatic rings. The highest BCUT2D eigenvalue weighted by atomic mass is 32.2. The minimum absolute atomic E-state index is 0.114. The zero-order chi connectivity index (χ0) is 9.52. The molecule has 1 saturated heterocycles. The largest absolute Gasteiger partial charge is 0.378 e. The van der Waals surface area contributed by atoms with Crippen molar-refractivity contribution < 1.29 is 9.53 Å². The molecular weight excluding hydrogens is 188 g/mol. The van der Waals surface area contributed by atoms with Crippen LogP contribution in [0, 0.1) is 11.3 Å². The Hall–Kier alpha value is -0.730. The summed E-state index contributed by atoms with van der Waals surface area (Å²) >= 11 is 1.36. The Kier molecular flexibility index (Phi) is 4.65. The maximum Gasteiger partial charge on any atom is 0.232 e. The van der Waals surface area contributed by atoms with Crippen LogP contribution in [0.1, 0.15) is 0 Å². The summed E-state index contributed by atoms with van der Waals surface area (Å²) < 4.78 is 5.12. The van der Waals surface area contributed by atoms with Crippen LogP contribution in [0.3, 0.4) is 0 Å². The lowest BCUT2D eigenvalue weighted by Gasteiger charge is -2.26. The number of ether oxygens (including phenoxy) is 1. The van der Waals surface area contributed by atoms with Crippen molar-refractivity contribution in [3.8, 4) is 6.07 Å². The van der Waals surface area contributed by atoms with Crippen LogP contribution in [0.15, 0.2) is 0 Å². The molecule has 5 heteroatoms. The highest BCUT2D eigenvalue weighted by Crippen LogP contribution is 2.03. The van der Waals surface area contributed by atoms with E-state index in [2.05, 4.69) is 0 Å². The summed E-state index contributed by atoms with van der Waals surface area (Å²) in [4.78, 5) is 13.2. The van der Waals surface area contributed by atoms with Crippen LogP contribution in [0.4, 0.5) is 0 Å². The van der Waals surface area contributed by atoms with Gasteiger partial charge in [0.1, 0.15) is 0 Å². The SMILES string of the molecule is N#CCSCC(=O)N1CCOCC1. The molecule has 72 valence electrons. The smallest absolute Gasteiger partial charge is 0.232 e. The van der Waals surface area contributed by atoms with Gasteiger partial charge < -0.3 is 9.64 Å². The number of amides is 1. The number of carbonyl (C=O) groups excluding carboxylic acids is 1. The molecule has 1 fully saturated rings. The number of hydrogen-bond donors (Lipinski definition) is 0. The molecule has 4 nitrogen and oxygen atoms in total. The Morgan fingerprint density at radius 2 is 2.23 bits per heavy atom. The normalized spacial score (nSPS) is 16.7. The van der Waals surface area contributed by atoms with Gasteiger partial charge in [-0.3, -0.25) is 4.79 Å². The number of morpholine rings is 1. The quantitative estimate of drug-likeness (QED) is 0.606. The second-order valence-corrected chi connectivity index (χ2v) is 3.63. The van der Waals surface area contributed by atoms with E-state index in [1.54, 1.807) is 4.90 Å². The summed E-state index contributed by atoms with van der Waals surface area (Å²) in [5.74, 6) is 0.910. The predicted octanol–water partition coefficient (Wildman–Crippen LogP) is 0.102. The standard InChI is InChI=1S/C8H12N2O2S/c9-1-6-13-7-8(11)10-2-4-12-5-3-10/h2-7H2. The van der Waals surface area contributed by atoms with Gasteiger partial charge in [-0.15, -0.1) is 11.8 Å². The van der Waals surface area contributed by atoms with Gasteiger partial charge >= 0.3 is 0 Å². The monoisotopic (exact) mass is 200 g/mol. The van der Waals surface area contributed by atoms with Gasteiger partial charge in [-0.05, 0) is 0 Å². The van der Waals surface area contributed by atoms with Crippen molar-refractivity contribution in [3.63, 3.8) is 0 Å². The Bertz CT molecular complexity index is 209. The lowest BCUT2D eigenvalue weighted by Crippen LogP contribution is -2.41. The van der Waals surface area contributed by atoms with E-state index in [9.17, 15) is 4.79 Å². The molecule has 0 bridgehead atoms. The summed E-state index contributed by atoms with van der Waals surface area (Å²) in [6.07, 6.45) is 0. The van der Waals surface area contributed by atoms with Crippen molar-refractivity contribution >= 4 is 17.7 Å². The van der Waals surface area contributed by atoms with Crippen LogP contribution >= 0.6 is 11.8 Å². The van der Waals surface area contributed by atoms with Crippen molar-refractivity contribution in [2.45, 2.75) is 0 Å². The van der Waals surface area contributed by atoms with Crippen molar-refractivity contribution in [1.82, 2.24) is 4.90 Å². The molecule has 0 aromatic heterocycles. The maximum atomic E-state index is 11.4. The van der Waals surface area contributed by atoms with Gasteiger partial charge in [0.2, 0.25) is 5.91 Å². The van der Waals surface area contributed by atoms with E-state index in [-0.39, 0.29) is 5.91 Å². The van der Waals surface area contributed by atoms with E-state index in [4.69, 9.17) is 10.00 Å².